The monoisotopic (exact) mass is 1360 g/mol. The Balaban J connectivity index is 0.686. The molecule has 2 aliphatic carbocycles. The van der Waals surface area contributed by atoms with E-state index in [9.17, 15) is 0 Å². The number of furan rings is 3. The zero-order valence-electron chi connectivity index (χ0n) is 58.3. The standard InChI is InChI=1S/C98H61N5O3/c1-97(2)76-49-60(50-77-93(76)94-78(97)52-62(53-79(94)98(77,3)4)102-82-24-12-6-18-64(82)70-44-55(30-38-85(70)102)58-33-41-91-73(47-58)67-21-9-15-27-88(67)105-91)95-75-51-61(101-81-23-11-5-17-63(81)69-43-54(29-37-84(69)101)57-32-40-90-72(46-57)66-20-8-14-26-87(66)104-90)35-36-80(75)99-96(100-95)103-83-25-13-7-19-65(83)71-45-56(31-39-86(71)103)59-34-42-92-74(48-59)68-22-10-16-28-89(68)106-92/h5-53H,1-4H3. The largest absolute Gasteiger partial charge is 0.456 e. The number of fused-ring (bicyclic) bond motifs is 19. The van der Waals surface area contributed by atoms with Crippen molar-refractivity contribution in [3.8, 4) is 73.1 Å². The SMILES string of the molecule is CC1(C)c2cc(-c3nc(-n4c5ccccc5c5cc(-c6ccc7oc8ccccc8c7c6)ccc54)nc4ccc(-n5c6ccccc6c6cc(-c7ccc8oc9ccccc9c8c7)ccc65)cc34)cc3c2-c2c1cc(-n1c4ccccc4c4cc(-c5ccc6oc7ccccc7c6c5)ccc41)cc2C3(C)C. The molecule has 15 aromatic carbocycles. The van der Waals surface area contributed by atoms with Gasteiger partial charge in [-0.25, -0.2) is 9.97 Å². The fourth-order valence-corrected chi connectivity index (χ4v) is 18.8. The Kier molecular flexibility index (Phi) is 11.3. The fourth-order valence-electron chi connectivity index (χ4n) is 18.8. The van der Waals surface area contributed by atoms with E-state index in [2.05, 4.69) is 302 Å². The average Bonchev–Trinajstić information content (AvgIpc) is 1.51. The molecular weight excluding hydrogens is 1300 g/mol. The molecule has 7 aromatic heterocycles. The summed E-state index contributed by atoms with van der Waals surface area (Å²) in [7, 11) is 0. The lowest BCUT2D eigenvalue weighted by atomic mass is 9.74. The molecule has 0 amide bonds. The van der Waals surface area contributed by atoms with Crippen molar-refractivity contribution in [2.24, 2.45) is 0 Å². The number of hydrogen-bond acceptors (Lipinski definition) is 5. The molecule has 496 valence electrons. The van der Waals surface area contributed by atoms with Crippen LogP contribution in [-0.4, -0.2) is 23.7 Å². The van der Waals surface area contributed by atoms with Crippen LogP contribution in [0.3, 0.4) is 0 Å². The highest BCUT2D eigenvalue weighted by molar-refractivity contribution is 6.16. The zero-order valence-corrected chi connectivity index (χ0v) is 58.3. The van der Waals surface area contributed by atoms with Crippen LogP contribution in [0.5, 0.6) is 0 Å². The molecule has 106 heavy (non-hydrogen) atoms. The van der Waals surface area contributed by atoms with Gasteiger partial charge in [0.2, 0.25) is 5.95 Å². The third-order valence-corrected chi connectivity index (χ3v) is 24.0. The summed E-state index contributed by atoms with van der Waals surface area (Å²) in [5.41, 5.74) is 31.1. The summed E-state index contributed by atoms with van der Waals surface area (Å²) in [6.45, 7) is 9.74. The van der Waals surface area contributed by atoms with Crippen LogP contribution in [0.4, 0.5) is 0 Å². The van der Waals surface area contributed by atoms with Gasteiger partial charge in [-0.05, 0) is 218 Å². The normalized spacial score (nSPS) is 13.8. The van der Waals surface area contributed by atoms with Gasteiger partial charge in [0.15, 0.2) is 0 Å². The van der Waals surface area contributed by atoms with Gasteiger partial charge in [0.1, 0.15) is 33.5 Å². The van der Waals surface area contributed by atoms with Crippen molar-refractivity contribution >= 4 is 142 Å². The summed E-state index contributed by atoms with van der Waals surface area (Å²) >= 11 is 0. The number of nitrogens with zero attached hydrogens (tertiary/aromatic N) is 5. The van der Waals surface area contributed by atoms with Crippen molar-refractivity contribution in [1.29, 1.82) is 0 Å². The van der Waals surface area contributed by atoms with Crippen molar-refractivity contribution in [3.05, 3.63) is 320 Å². The van der Waals surface area contributed by atoms with Crippen LogP contribution >= 0.6 is 0 Å². The van der Waals surface area contributed by atoms with Crippen LogP contribution in [-0.2, 0) is 10.8 Å². The molecule has 2 aliphatic rings. The van der Waals surface area contributed by atoms with E-state index in [0.29, 0.717) is 5.95 Å². The molecule has 0 N–H and O–H groups in total. The minimum absolute atomic E-state index is 0.394. The maximum absolute atomic E-state index is 6.30. The lowest BCUT2D eigenvalue weighted by Gasteiger charge is -2.30. The van der Waals surface area contributed by atoms with Gasteiger partial charge < -0.3 is 22.4 Å². The number of hydrogen-bond donors (Lipinski definition) is 0. The number of benzene rings is 15. The van der Waals surface area contributed by atoms with Gasteiger partial charge in [-0.15, -0.1) is 0 Å². The minimum atomic E-state index is -0.394. The Morgan fingerprint density at radius 3 is 1.00 bits per heavy atom. The third-order valence-electron chi connectivity index (χ3n) is 24.0. The number of para-hydroxylation sites is 6. The second kappa shape index (κ2) is 20.6. The van der Waals surface area contributed by atoms with Crippen LogP contribution in [0.1, 0.15) is 49.9 Å². The van der Waals surface area contributed by atoms with Gasteiger partial charge in [0, 0.05) is 97.8 Å². The molecule has 24 rings (SSSR count). The van der Waals surface area contributed by atoms with Crippen LogP contribution in [0, 0.1) is 0 Å². The van der Waals surface area contributed by atoms with E-state index in [0.717, 1.165) is 154 Å². The smallest absolute Gasteiger partial charge is 0.235 e. The molecule has 0 bridgehead atoms. The van der Waals surface area contributed by atoms with Crippen molar-refractivity contribution in [2.45, 2.75) is 38.5 Å². The Bertz CT molecular complexity index is 7670. The van der Waals surface area contributed by atoms with Crippen molar-refractivity contribution < 1.29 is 13.3 Å². The molecule has 0 fully saturated rings. The Morgan fingerprint density at radius 1 is 0.236 bits per heavy atom. The topological polar surface area (TPSA) is 80.0 Å². The zero-order chi connectivity index (χ0) is 69.7. The first-order valence-corrected chi connectivity index (χ1v) is 36.6. The minimum Gasteiger partial charge on any atom is -0.456 e. The summed E-state index contributed by atoms with van der Waals surface area (Å²) in [5.74, 6) is 0.613. The second-order valence-electron chi connectivity index (χ2n) is 30.4. The van der Waals surface area contributed by atoms with Crippen molar-refractivity contribution in [3.63, 3.8) is 0 Å². The summed E-state index contributed by atoms with van der Waals surface area (Å²) in [5, 5.41) is 14.7. The first-order valence-electron chi connectivity index (χ1n) is 36.6. The molecule has 7 heterocycles. The van der Waals surface area contributed by atoms with E-state index in [-0.39, 0.29) is 0 Å². The number of aromatic nitrogens is 5. The van der Waals surface area contributed by atoms with E-state index in [1.807, 2.05) is 36.4 Å². The molecule has 8 heteroatoms. The van der Waals surface area contributed by atoms with Crippen LogP contribution in [0.25, 0.3) is 215 Å². The summed E-state index contributed by atoms with van der Waals surface area (Å²) in [6, 6.07) is 109. The van der Waals surface area contributed by atoms with Crippen molar-refractivity contribution in [2.75, 3.05) is 0 Å². The molecule has 0 unspecified atom stereocenters. The molecule has 0 radical (unpaired) electrons. The molecular formula is C98H61N5O3. The lowest BCUT2D eigenvalue weighted by molar-refractivity contribution is 0.629. The summed E-state index contributed by atoms with van der Waals surface area (Å²) < 4.78 is 26.1. The van der Waals surface area contributed by atoms with E-state index < -0.39 is 10.8 Å². The van der Waals surface area contributed by atoms with Gasteiger partial charge >= 0.3 is 0 Å². The van der Waals surface area contributed by atoms with E-state index in [1.54, 1.807) is 0 Å². The number of rotatable bonds is 7. The van der Waals surface area contributed by atoms with Gasteiger partial charge in [-0.3, -0.25) is 4.57 Å². The quantitative estimate of drug-likeness (QED) is 0.159. The molecule has 22 aromatic rings. The van der Waals surface area contributed by atoms with Gasteiger partial charge in [0.05, 0.1) is 44.3 Å². The molecule has 8 nitrogen and oxygen atoms in total. The molecule has 0 saturated heterocycles. The maximum atomic E-state index is 6.30. The molecule has 0 atom stereocenters. The molecule has 0 aliphatic heterocycles. The highest BCUT2D eigenvalue weighted by atomic mass is 16.3. The van der Waals surface area contributed by atoms with Crippen LogP contribution in [0.2, 0.25) is 0 Å². The molecule has 0 saturated carbocycles. The van der Waals surface area contributed by atoms with Crippen molar-refractivity contribution in [1.82, 2.24) is 23.7 Å². The third kappa shape index (κ3) is 7.86. The predicted octanol–water partition coefficient (Wildman–Crippen LogP) is 26.2. The van der Waals surface area contributed by atoms with E-state index in [1.165, 1.54) is 77.2 Å². The maximum Gasteiger partial charge on any atom is 0.235 e. The van der Waals surface area contributed by atoms with E-state index in [4.69, 9.17) is 23.2 Å². The Morgan fingerprint density at radius 2 is 0.566 bits per heavy atom. The summed E-state index contributed by atoms with van der Waals surface area (Å²) in [6.07, 6.45) is 0. The Labute approximate surface area is 606 Å². The van der Waals surface area contributed by atoms with Gasteiger partial charge in [0.25, 0.3) is 0 Å². The fraction of sp³-hybridized carbons (Fsp3) is 0.0612. The van der Waals surface area contributed by atoms with Crippen LogP contribution < -0.4 is 0 Å². The van der Waals surface area contributed by atoms with E-state index >= 15 is 0 Å². The van der Waals surface area contributed by atoms with Gasteiger partial charge in [-0.1, -0.05) is 173 Å². The Hall–Kier alpha value is -13.6. The predicted molar refractivity (Wildman–Crippen MR) is 436 cm³/mol. The summed E-state index contributed by atoms with van der Waals surface area (Å²) in [4.78, 5) is 11.7. The lowest BCUT2D eigenvalue weighted by Crippen LogP contribution is -2.22. The highest BCUT2D eigenvalue weighted by Crippen LogP contribution is 2.62. The molecule has 0 spiro atoms. The first-order chi connectivity index (χ1) is 52.0. The second-order valence-corrected chi connectivity index (χ2v) is 30.4. The van der Waals surface area contributed by atoms with Gasteiger partial charge in [-0.2, -0.15) is 0 Å². The van der Waals surface area contributed by atoms with Crippen LogP contribution in [0.15, 0.2) is 311 Å². The highest BCUT2D eigenvalue weighted by Gasteiger charge is 2.48. The first kappa shape index (κ1) is 58.0. The average molecular weight is 1360 g/mol.